The molecular formula is C14H14BrFN2O. The van der Waals surface area contributed by atoms with E-state index in [4.69, 9.17) is 4.74 Å². The second kappa shape index (κ2) is 6.63. The summed E-state index contributed by atoms with van der Waals surface area (Å²) in [6, 6.07) is 8.90. The topological polar surface area (TPSA) is 34.1 Å². The molecular weight excluding hydrogens is 311 g/mol. The van der Waals surface area contributed by atoms with Crippen molar-refractivity contribution >= 4 is 15.9 Å². The highest BCUT2D eigenvalue weighted by molar-refractivity contribution is 9.10. The Morgan fingerprint density at radius 3 is 2.63 bits per heavy atom. The zero-order valence-electron chi connectivity index (χ0n) is 10.5. The Morgan fingerprint density at radius 2 is 1.95 bits per heavy atom. The molecule has 0 amide bonds. The average Bonchev–Trinajstić information content (AvgIpc) is 2.43. The van der Waals surface area contributed by atoms with E-state index in [1.165, 1.54) is 6.07 Å². The van der Waals surface area contributed by atoms with Crippen molar-refractivity contribution in [2.75, 3.05) is 7.11 Å². The molecule has 2 rings (SSSR count). The fraction of sp³-hybridized carbons (Fsp3) is 0.214. The van der Waals surface area contributed by atoms with Crippen molar-refractivity contribution in [1.29, 1.82) is 0 Å². The van der Waals surface area contributed by atoms with E-state index in [-0.39, 0.29) is 5.82 Å². The van der Waals surface area contributed by atoms with E-state index in [2.05, 4.69) is 26.2 Å². The van der Waals surface area contributed by atoms with Crippen LogP contribution in [-0.4, -0.2) is 12.1 Å². The van der Waals surface area contributed by atoms with Gasteiger partial charge in [-0.25, -0.2) is 9.37 Å². The number of benzene rings is 1. The number of rotatable bonds is 5. The average molecular weight is 325 g/mol. The SMILES string of the molecule is COc1cc(CNCc2ccc(Br)c(F)c2)ccn1. The predicted octanol–water partition coefficient (Wildman–Crippen LogP) is 3.28. The van der Waals surface area contributed by atoms with Gasteiger partial charge in [-0.2, -0.15) is 0 Å². The molecule has 2 aromatic rings. The summed E-state index contributed by atoms with van der Waals surface area (Å²) in [5, 5.41) is 3.25. The van der Waals surface area contributed by atoms with Gasteiger partial charge in [0.1, 0.15) is 5.82 Å². The van der Waals surface area contributed by atoms with Crippen LogP contribution in [0, 0.1) is 5.82 Å². The number of nitrogens with one attached hydrogen (secondary N) is 1. The Bertz CT molecular complexity index is 563. The summed E-state index contributed by atoms with van der Waals surface area (Å²) in [5.74, 6) is 0.346. The fourth-order valence-electron chi connectivity index (χ4n) is 1.67. The van der Waals surface area contributed by atoms with Gasteiger partial charge in [0.15, 0.2) is 0 Å². The minimum atomic E-state index is -0.245. The quantitative estimate of drug-likeness (QED) is 0.916. The van der Waals surface area contributed by atoms with Crippen LogP contribution in [0.1, 0.15) is 11.1 Å². The first-order valence-corrected chi connectivity index (χ1v) is 6.62. The first-order chi connectivity index (χ1) is 9.19. The third-order valence-corrected chi connectivity index (χ3v) is 3.29. The Hall–Kier alpha value is -1.46. The van der Waals surface area contributed by atoms with E-state index < -0.39 is 0 Å². The maximum atomic E-state index is 13.3. The summed E-state index contributed by atoms with van der Waals surface area (Å²) < 4.78 is 18.9. The fourth-order valence-corrected chi connectivity index (χ4v) is 1.92. The van der Waals surface area contributed by atoms with Gasteiger partial charge in [0.25, 0.3) is 0 Å². The number of nitrogens with zero attached hydrogens (tertiary/aromatic N) is 1. The lowest BCUT2D eigenvalue weighted by atomic mass is 10.2. The van der Waals surface area contributed by atoms with Crippen LogP contribution >= 0.6 is 15.9 Å². The molecule has 0 radical (unpaired) electrons. The number of halogens is 2. The molecule has 0 aliphatic heterocycles. The third-order valence-electron chi connectivity index (χ3n) is 2.65. The van der Waals surface area contributed by atoms with Crippen molar-refractivity contribution in [3.63, 3.8) is 0 Å². The maximum absolute atomic E-state index is 13.3. The molecule has 1 aromatic carbocycles. The number of hydrogen-bond acceptors (Lipinski definition) is 3. The molecule has 5 heteroatoms. The maximum Gasteiger partial charge on any atom is 0.213 e. The molecule has 0 aliphatic rings. The van der Waals surface area contributed by atoms with Crippen LogP contribution in [-0.2, 0) is 13.1 Å². The van der Waals surface area contributed by atoms with Gasteiger partial charge in [0.05, 0.1) is 11.6 Å². The smallest absolute Gasteiger partial charge is 0.213 e. The van der Waals surface area contributed by atoms with Gasteiger partial charge >= 0.3 is 0 Å². The Balaban J connectivity index is 1.90. The zero-order valence-corrected chi connectivity index (χ0v) is 12.1. The summed E-state index contributed by atoms with van der Waals surface area (Å²) >= 11 is 3.13. The summed E-state index contributed by atoms with van der Waals surface area (Å²) in [5.41, 5.74) is 1.98. The van der Waals surface area contributed by atoms with Crippen LogP contribution in [0.25, 0.3) is 0 Å². The summed E-state index contributed by atoms with van der Waals surface area (Å²) in [4.78, 5) is 4.04. The minimum absolute atomic E-state index is 0.245. The van der Waals surface area contributed by atoms with Gasteiger partial charge in [-0.05, 0) is 45.3 Å². The lowest BCUT2D eigenvalue weighted by molar-refractivity contribution is 0.397. The second-order valence-electron chi connectivity index (χ2n) is 4.06. The zero-order chi connectivity index (χ0) is 13.7. The van der Waals surface area contributed by atoms with Gasteiger partial charge < -0.3 is 10.1 Å². The summed E-state index contributed by atoms with van der Waals surface area (Å²) in [6.45, 7) is 1.28. The van der Waals surface area contributed by atoms with Crippen molar-refractivity contribution in [3.05, 3.63) is 57.9 Å². The number of ether oxygens (including phenoxy) is 1. The molecule has 1 heterocycles. The van der Waals surface area contributed by atoms with Crippen LogP contribution in [0.15, 0.2) is 41.0 Å². The number of aromatic nitrogens is 1. The van der Waals surface area contributed by atoms with Crippen molar-refractivity contribution in [2.24, 2.45) is 0 Å². The third kappa shape index (κ3) is 4.01. The molecule has 0 aliphatic carbocycles. The van der Waals surface area contributed by atoms with Crippen LogP contribution in [0.4, 0.5) is 4.39 Å². The van der Waals surface area contributed by atoms with Crippen LogP contribution in [0.2, 0.25) is 0 Å². The highest BCUT2D eigenvalue weighted by Gasteiger charge is 2.01. The first-order valence-electron chi connectivity index (χ1n) is 5.82. The molecule has 0 saturated carbocycles. The molecule has 19 heavy (non-hydrogen) atoms. The van der Waals surface area contributed by atoms with Gasteiger partial charge in [-0.1, -0.05) is 6.07 Å². The summed E-state index contributed by atoms with van der Waals surface area (Å²) in [6.07, 6.45) is 1.70. The molecule has 0 unspecified atom stereocenters. The standard InChI is InChI=1S/C14H14BrFN2O/c1-19-14-7-11(4-5-18-14)9-17-8-10-2-3-12(15)13(16)6-10/h2-7,17H,8-9H2,1H3. The first kappa shape index (κ1) is 14.0. The normalized spacial score (nSPS) is 10.5. The van der Waals surface area contributed by atoms with E-state index >= 15 is 0 Å². The lowest BCUT2D eigenvalue weighted by Gasteiger charge is -2.07. The minimum Gasteiger partial charge on any atom is -0.481 e. The number of pyridine rings is 1. The van der Waals surface area contributed by atoms with Crippen molar-refractivity contribution in [1.82, 2.24) is 10.3 Å². The van der Waals surface area contributed by atoms with E-state index in [1.54, 1.807) is 19.4 Å². The monoisotopic (exact) mass is 324 g/mol. The highest BCUT2D eigenvalue weighted by atomic mass is 79.9. The van der Waals surface area contributed by atoms with Crippen molar-refractivity contribution in [3.8, 4) is 5.88 Å². The molecule has 0 saturated heterocycles. The predicted molar refractivity (Wildman–Crippen MR) is 75.4 cm³/mol. The molecule has 100 valence electrons. The molecule has 0 bridgehead atoms. The van der Waals surface area contributed by atoms with E-state index in [0.717, 1.165) is 11.1 Å². The number of methoxy groups -OCH3 is 1. The summed E-state index contributed by atoms with van der Waals surface area (Å²) in [7, 11) is 1.59. The van der Waals surface area contributed by atoms with Crippen molar-refractivity contribution in [2.45, 2.75) is 13.1 Å². The Labute approximate surface area is 119 Å². The number of hydrogen-bond donors (Lipinski definition) is 1. The molecule has 0 spiro atoms. The van der Waals surface area contributed by atoms with Crippen LogP contribution in [0.3, 0.4) is 0 Å². The van der Waals surface area contributed by atoms with E-state index in [9.17, 15) is 4.39 Å². The molecule has 3 nitrogen and oxygen atoms in total. The lowest BCUT2D eigenvalue weighted by Crippen LogP contribution is -2.13. The molecule has 1 aromatic heterocycles. The van der Waals surface area contributed by atoms with E-state index in [1.807, 2.05) is 18.2 Å². The Kier molecular flexibility index (Phi) is 4.87. The largest absolute Gasteiger partial charge is 0.481 e. The van der Waals surface area contributed by atoms with Crippen LogP contribution < -0.4 is 10.1 Å². The van der Waals surface area contributed by atoms with Crippen molar-refractivity contribution < 1.29 is 9.13 Å². The van der Waals surface area contributed by atoms with E-state index in [0.29, 0.717) is 23.4 Å². The Morgan fingerprint density at radius 1 is 1.21 bits per heavy atom. The molecule has 1 N–H and O–H groups in total. The van der Waals surface area contributed by atoms with Crippen LogP contribution in [0.5, 0.6) is 5.88 Å². The van der Waals surface area contributed by atoms with Gasteiger partial charge in [-0.15, -0.1) is 0 Å². The van der Waals surface area contributed by atoms with Gasteiger partial charge in [-0.3, -0.25) is 0 Å². The van der Waals surface area contributed by atoms with Gasteiger partial charge in [0.2, 0.25) is 5.88 Å². The molecule has 0 fully saturated rings. The second-order valence-corrected chi connectivity index (χ2v) is 4.91. The highest BCUT2D eigenvalue weighted by Crippen LogP contribution is 2.16. The molecule has 0 atom stereocenters. The van der Waals surface area contributed by atoms with Gasteiger partial charge in [0, 0.05) is 25.4 Å².